The van der Waals surface area contributed by atoms with Crippen LogP contribution in [0.5, 0.6) is 0 Å². The maximum Gasteiger partial charge on any atom is 0.407 e. The third kappa shape index (κ3) is 4.27. The molecule has 8 heteroatoms. The molecule has 0 aliphatic carbocycles. The lowest BCUT2D eigenvalue weighted by molar-refractivity contribution is -0.121. The van der Waals surface area contributed by atoms with E-state index in [1.807, 2.05) is 62.4 Å². The Morgan fingerprint density at radius 3 is 2.59 bits per heavy atom. The molecule has 2 N–H and O–H groups in total. The van der Waals surface area contributed by atoms with Crippen molar-refractivity contribution in [2.24, 2.45) is 5.92 Å². The minimum absolute atomic E-state index is 0.120. The van der Waals surface area contributed by atoms with Crippen LogP contribution in [0.4, 0.5) is 10.5 Å². The topological polar surface area (TPSA) is 87.3 Å². The number of fused-ring (bicyclic) bond motifs is 1. The highest BCUT2D eigenvalue weighted by atomic mass is 79.9. The number of para-hydroxylation sites is 1. The number of hydrogen-bond donors (Lipinski definition) is 2. The van der Waals surface area contributed by atoms with Crippen molar-refractivity contribution in [3.63, 3.8) is 0 Å². The fourth-order valence-corrected chi connectivity index (χ4v) is 4.27. The molecule has 4 rings (SSSR count). The van der Waals surface area contributed by atoms with Crippen LogP contribution in [-0.4, -0.2) is 35.1 Å². The quantitative estimate of drug-likeness (QED) is 0.528. The molecule has 1 aliphatic rings. The molecule has 2 unspecified atom stereocenters. The number of ether oxygens (including phenoxy) is 1. The van der Waals surface area contributed by atoms with E-state index in [0.29, 0.717) is 12.2 Å². The second-order valence-electron chi connectivity index (χ2n) is 8.10. The number of amides is 2. The summed E-state index contributed by atoms with van der Waals surface area (Å²) in [4.78, 5) is 35.4. The van der Waals surface area contributed by atoms with E-state index in [1.165, 1.54) is 7.11 Å². The van der Waals surface area contributed by atoms with Crippen molar-refractivity contribution < 1.29 is 14.3 Å². The summed E-state index contributed by atoms with van der Waals surface area (Å²) in [7, 11) is 1.29. The number of halogens is 1. The van der Waals surface area contributed by atoms with E-state index in [2.05, 4.69) is 31.2 Å². The molecular formula is C24H25BrN4O3. The normalized spacial score (nSPS) is 16.0. The van der Waals surface area contributed by atoms with Gasteiger partial charge in [-0.05, 0) is 35.2 Å². The number of hydrogen-bond acceptors (Lipinski definition) is 4. The number of nitrogens with zero attached hydrogens (tertiary/aromatic N) is 2. The first-order valence-corrected chi connectivity index (χ1v) is 11.2. The Labute approximate surface area is 195 Å². The van der Waals surface area contributed by atoms with Crippen LogP contribution in [0, 0.1) is 5.92 Å². The van der Waals surface area contributed by atoms with Crippen LogP contribution in [-0.2, 0) is 16.0 Å². The summed E-state index contributed by atoms with van der Waals surface area (Å²) in [5.74, 6) is 0.389. The number of anilines is 1. The third-order valence-corrected chi connectivity index (χ3v) is 6.20. The lowest BCUT2D eigenvalue weighted by Crippen LogP contribution is -2.51. The van der Waals surface area contributed by atoms with Gasteiger partial charge in [-0.25, -0.2) is 9.78 Å². The zero-order valence-corrected chi connectivity index (χ0v) is 19.7. The van der Waals surface area contributed by atoms with E-state index in [9.17, 15) is 9.59 Å². The van der Waals surface area contributed by atoms with Crippen molar-refractivity contribution in [2.45, 2.75) is 32.4 Å². The van der Waals surface area contributed by atoms with Gasteiger partial charge >= 0.3 is 6.09 Å². The Morgan fingerprint density at radius 1 is 1.19 bits per heavy atom. The molecular weight excluding hydrogens is 472 g/mol. The Hall–Kier alpha value is -3.13. The number of rotatable bonds is 5. The van der Waals surface area contributed by atoms with Crippen LogP contribution < -0.4 is 10.2 Å². The minimum atomic E-state index is -0.725. The number of aromatic nitrogens is 2. The first-order valence-electron chi connectivity index (χ1n) is 10.5. The summed E-state index contributed by atoms with van der Waals surface area (Å²) in [5, 5.41) is 2.69. The molecule has 1 aromatic heterocycles. The molecule has 2 heterocycles. The van der Waals surface area contributed by atoms with Crippen molar-refractivity contribution in [3.8, 4) is 11.3 Å². The summed E-state index contributed by atoms with van der Waals surface area (Å²) < 4.78 is 5.74. The van der Waals surface area contributed by atoms with Crippen molar-refractivity contribution in [1.82, 2.24) is 15.3 Å². The molecule has 2 aromatic carbocycles. The Kier molecular flexibility index (Phi) is 6.32. The smallest absolute Gasteiger partial charge is 0.407 e. The van der Waals surface area contributed by atoms with Gasteiger partial charge in [-0.1, -0.05) is 60.1 Å². The fraction of sp³-hybridized carbons (Fsp3) is 0.292. The van der Waals surface area contributed by atoms with Gasteiger partial charge < -0.3 is 15.0 Å². The van der Waals surface area contributed by atoms with Gasteiger partial charge in [0.15, 0.2) is 0 Å². The molecule has 2 atom stereocenters. The van der Waals surface area contributed by atoms with Gasteiger partial charge in [0, 0.05) is 16.6 Å². The molecule has 32 heavy (non-hydrogen) atoms. The van der Waals surface area contributed by atoms with E-state index in [0.717, 1.165) is 27.0 Å². The molecule has 0 fully saturated rings. The van der Waals surface area contributed by atoms with Gasteiger partial charge in [-0.15, -0.1) is 0 Å². The van der Waals surface area contributed by atoms with Crippen LogP contribution in [0.1, 0.15) is 31.3 Å². The van der Waals surface area contributed by atoms with Crippen LogP contribution in [0.15, 0.2) is 59.2 Å². The molecule has 0 spiro atoms. The monoisotopic (exact) mass is 496 g/mol. The second-order valence-corrected chi connectivity index (χ2v) is 9.02. The fourth-order valence-electron chi connectivity index (χ4n) is 4.01. The molecule has 3 aromatic rings. The van der Waals surface area contributed by atoms with Gasteiger partial charge in [0.05, 0.1) is 25.0 Å². The van der Waals surface area contributed by atoms with Crippen molar-refractivity contribution in [2.75, 3.05) is 12.0 Å². The second kappa shape index (κ2) is 9.16. The standard InChI is InChI=1S/C24H25BrN4O3/c1-14(2)21(28-24(31)32-3)23(30)29-19-7-5-4-6-16(19)12-20(29)22-26-13-18(27-22)15-8-10-17(25)11-9-15/h4-11,13-14,20-21H,12H2,1-3H3,(H,26,27)(H,28,31). The van der Waals surface area contributed by atoms with Crippen molar-refractivity contribution in [3.05, 3.63) is 70.6 Å². The number of benzene rings is 2. The Morgan fingerprint density at radius 2 is 1.91 bits per heavy atom. The number of H-pyrrole nitrogens is 1. The number of nitrogens with one attached hydrogen (secondary N) is 2. The summed E-state index contributed by atoms with van der Waals surface area (Å²) in [6.07, 6.45) is 1.80. The van der Waals surface area contributed by atoms with E-state index in [4.69, 9.17) is 4.74 Å². The Bertz CT molecular complexity index is 1130. The zero-order valence-electron chi connectivity index (χ0n) is 18.1. The molecule has 0 saturated carbocycles. The maximum absolute atomic E-state index is 13.7. The average molecular weight is 497 g/mol. The van der Waals surface area contributed by atoms with Gasteiger partial charge in [0.1, 0.15) is 11.9 Å². The number of aromatic amines is 1. The van der Waals surface area contributed by atoms with Crippen LogP contribution in [0.2, 0.25) is 0 Å². The van der Waals surface area contributed by atoms with Gasteiger partial charge in [0.2, 0.25) is 0 Å². The van der Waals surface area contributed by atoms with Gasteiger partial charge in [-0.3, -0.25) is 9.69 Å². The van der Waals surface area contributed by atoms with E-state index in [-0.39, 0.29) is 17.9 Å². The lowest BCUT2D eigenvalue weighted by Gasteiger charge is -2.30. The summed E-state index contributed by atoms with van der Waals surface area (Å²) in [6.45, 7) is 3.79. The van der Waals surface area contributed by atoms with E-state index in [1.54, 1.807) is 11.1 Å². The van der Waals surface area contributed by atoms with Crippen LogP contribution >= 0.6 is 15.9 Å². The van der Waals surface area contributed by atoms with Crippen molar-refractivity contribution >= 4 is 33.6 Å². The van der Waals surface area contributed by atoms with Crippen molar-refractivity contribution in [1.29, 1.82) is 0 Å². The molecule has 0 radical (unpaired) electrons. The number of imidazole rings is 1. The van der Waals surface area contributed by atoms with E-state index < -0.39 is 12.1 Å². The average Bonchev–Trinajstić information content (AvgIpc) is 3.42. The number of carbonyl (C=O) groups is 2. The summed E-state index contributed by atoms with van der Waals surface area (Å²) in [5.41, 5.74) is 3.78. The SMILES string of the molecule is COC(=O)NC(C(=O)N1c2ccccc2CC1c1ncc(-c2ccc(Br)cc2)[nH]1)C(C)C. The van der Waals surface area contributed by atoms with E-state index >= 15 is 0 Å². The first kappa shape index (κ1) is 22.1. The highest BCUT2D eigenvalue weighted by molar-refractivity contribution is 9.10. The Balaban J connectivity index is 1.69. The molecule has 7 nitrogen and oxygen atoms in total. The zero-order chi connectivity index (χ0) is 22.8. The lowest BCUT2D eigenvalue weighted by atomic mass is 10.0. The molecule has 0 saturated heterocycles. The highest BCUT2D eigenvalue weighted by Crippen LogP contribution is 2.40. The van der Waals surface area contributed by atoms with Gasteiger partial charge in [-0.2, -0.15) is 0 Å². The first-order chi connectivity index (χ1) is 15.4. The molecule has 1 aliphatic heterocycles. The summed E-state index contributed by atoms with van der Waals surface area (Å²) in [6, 6.07) is 14.8. The third-order valence-electron chi connectivity index (χ3n) is 5.67. The summed E-state index contributed by atoms with van der Waals surface area (Å²) >= 11 is 3.46. The van der Waals surface area contributed by atoms with Crippen LogP contribution in [0.25, 0.3) is 11.3 Å². The molecule has 166 valence electrons. The maximum atomic E-state index is 13.7. The number of methoxy groups -OCH3 is 1. The number of carbonyl (C=O) groups excluding carboxylic acids is 2. The van der Waals surface area contributed by atoms with Gasteiger partial charge in [0.25, 0.3) is 5.91 Å². The van der Waals surface area contributed by atoms with Crippen LogP contribution in [0.3, 0.4) is 0 Å². The minimum Gasteiger partial charge on any atom is -0.453 e. The predicted molar refractivity (Wildman–Crippen MR) is 126 cm³/mol. The number of alkyl carbamates (subject to hydrolysis) is 1. The predicted octanol–water partition coefficient (Wildman–Crippen LogP) is 4.85. The highest BCUT2D eigenvalue weighted by Gasteiger charge is 2.40. The molecule has 2 amide bonds. The largest absolute Gasteiger partial charge is 0.453 e. The molecule has 0 bridgehead atoms.